The van der Waals surface area contributed by atoms with E-state index in [0.717, 1.165) is 17.2 Å². The monoisotopic (exact) mass is 269 g/mol. The molecule has 0 bridgehead atoms. The van der Waals surface area contributed by atoms with Crippen LogP contribution in [0.2, 0.25) is 0 Å². The molecule has 0 spiro atoms. The molecule has 0 saturated carbocycles. The maximum Gasteiger partial charge on any atom is 0.291 e. The highest BCUT2D eigenvalue weighted by Gasteiger charge is 2.21. The van der Waals surface area contributed by atoms with Crippen LogP contribution in [-0.2, 0) is 19.7 Å². The van der Waals surface area contributed by atoms with Gasteiger partial charge in [-0.25, -0.2) is 9.55 Å². The van der Waals surface area contributed by atoms with E-state index in [9.17, 15) is 0 Å². The molecule has 2 aromatic heterocycles. The molecule has 3 aromatic rings. The number of benzene rings is 1. The van der Waals surface area contributed by atoms with Crippen LogP contribution in [0.3, 0.4) is 0 Å². The van der Waals surface area contributed by atoms with Crippen molar-refractivity contribution in [1.82, 2.24) is 19.7 Å². The summed E-state index contributed by atoms with van der Waals surface area (Å²) in [7, 11) is 1.85. The topological polar surface area (TPSA) is 47.5 Å². The maximum atomic E-state index is 5.33. The molecule has 19 heavy (non-hydrogen) atoms. The Morgan fingerprint density at radius 1 is 1.16 bits per heavy atom. The minimum Gasteiger partial charge on any atom is -0.702 e. The number of rotatable bonds is 2. The van der Waals surface area contributed by atoms with Crippen LogP contribution in [0.5, 0.6) is 0 Å². The summed E-state index contributed by atoms with van der Waals surface area (Å²) >= 11 is 5.33. The highest BCUT2D eigenvalue weighted by atomic mass is 32.1. The summed E-state index contributed by atoms with van der Waals surface area (Å²) in [5.41, 5.74) is 1.69. The second kappa shape index (κ2) is 4.74. The fourth-order valence-electron chi connectivity index (χ4n) is 1.96. The molecule has 0 N–H and O–H groups in total. The average Bonchev–Trinajstić information content (AvgIpc) is 2.75. The average molecular weight is 269 g/mol. The van der Waals surface area contributed by atoms with Crippen LogP contribution in [0, 0.1) is 0 Å². The lowest BCUT2D eigenvalue weighted by atomic mass is 10.3. The number of para-hydroxylation sites is 1. The highest BCUT2D eigenvalue weighted by Crippen LogP contribution is 2.13. The van der Waals surface area contributed by atoms with E-state index in [4.69, 9.17) is 12.6 Å². The van der Waals surface area contributed by atoms with Crippen molar-refractivity contribution >= 4 is 12.6 Å². The molecule has 0 amide bonds. The molecule has 2 heterocycles. The normalized spacial score (nSPS) is 10.6. The van der Waals surface area contributed by atoms with Gasteiger partial charge < -0.3 is 12.6 Å². The van der Waals surface area contributed by atoms with Gasteiger partial charge in [-0.15, -0.1) is 4.68 Å². The molecule has 5 nitrogen and oxygen atoms in total. The lowest BCUT2D eigenvalue weighted by Gasteiger charge is -2.05. The van der Waals surface area contributed by atoms with E-state index in [0.29, 0.717) is 5.16 Å². The molecule has 94 valence electrons. The van der Waals surface area contributed by atoms with E-state index >= 15 is 0 Å². The molecular formula is C13H11N5S. The molecule has 0 unspecified atom stereocenters. The van der Waals surface area contributed by atoms with Crippen molar-refractivity contribution in [2.45, 2.75) is 5.16 Å². The van der Waals surface area contributed by atoms with Gasteiger partial charge in [-0.3, -0.25) is 4.98 Å². The van der Waals surface area contributed by atoms with E-state index in [1.54, 1.807) is 23.3 Å². The lowest BCUT2D eigenvalue weighted by molar-refractivity contribution is -0.625. The smallest absolute Gasteiger partial charge is 0.291 e. The summed E-state index contributed by atoms with van der Waals surface area (Å²) < 4.78 is 3.61. The largest absolute Gasteiger partial charge is 0.702 e. The van der Waals surface area contributed by atoms with Gasteiger partial charge in [0.2, 0.25) is 0 Å². The molecule has 0 fully saturated rings. The van der Waals surface area contributed by atoms with Gasteiger partial charge in [-0.2, -0.15) is 0 Å². The first-order valence-electron chi connectivity index (χ1n) is 5.75. The third-order valence-corrected chi connectivity index (χ3v) is 3.02. The van der Waals surface area contributed by atoms with Crippen molar-refractivity contribution in [3.63, 3.8) is 0 Å². The Hall–Kier alpha value is -2.34. The number of nitrogens with zero attached hydrogens (tertiary/aromatic N) is 5. The van der Waals surface area contributed by atoms with Crippen LogP contribution in [0.25, 0.3) is 17.2 Å². The first-order chi connectivity index (χ1) is 9.27. The molecule has 3 rings (SSSR count). The van der Waals surface area contributed by atoms with Crippen LogP contribution in [0.1, 0.15) is 0 Å². The van der Waals surface area contributed by atoms with Gasteiger partial charge in [0.25, 0.3) is 5.82 Å². The van der Waals surface area contributed by atoms with Crippen molar-refractivity contribution in [1.29, 1.82) is 0 Å². The standard InChI is InChI=1S/C13H11N5S/c1-17-12(11-9-14-7-8-15-11)18(13(19)16-17)10-5-3-2-4-6-10/h2-9H,1H3. The van der Waals surface area contributed by atoms with E-state index in [2.05, 4.69) is 15.1 Å². The van der Waals surface area contributed by atoms with Crippen LogP contribution in [-0.4, -0.2) is 19.7 Å². The molecule has 0 atom stereocenters. The first kappa shape index (κ1) is 11.7. The SMILES string of the molecule is Cn1nc([S-])[n+](-c2ccccc2)c1-c1cnccn1. The predicted octanol–water partition coefficient (Wildman–Crippen LogP) is 1.06. The summed E-state index contributed by atoms with van der Waals surface area (Å²) in [4.78, 5) is 8.41. The van der Waals surface area contributed by atoms with Crippen molar-refractivity contribution < 1.29 is 4.57 Å². The van der Waals surface area contributed by atoms with Crippen molar-refractivity contribution in [3.05, 3.63) is 48.9 Å². The lowest BCUT2D eigenvalue weighted by Crippen LogP contribution is -2.34. The molecule has 0 saturated heterocycles. The number of aromatic nitrogens is 5. The van der Waals surface area contributed by atoms with Crippen LogP contribution in [0.15, 0.2) is 54.1 Å². The molecule has 0 aliphatic carbocycles. The Balaban J connectivity index is 2.26. The third-order valence-electron chi connectivity index (χ3n) is 2.75. The Bertz CT molecular complexity index is 634. The molecular weight excluding hydrogens is 258 g/mol. The van der Waals surface area contributed by atoms with Gasteiger partial charge in [0.05, 0.1) is 13.2 Å². The fourth-order valence-corrected chi connectivity index (χ4v) is 2.27. The predicted molar refractivity (Wildman–Crippen MR) is 71.4 cm³/mol. The number of hydrogen-bond acceptors (Lipinski definition) is 4. The molecule has 0 aliphatic heterocycles. The first-order valence-corrected chi connectivity index (χ1v) is 6.16. The molecule has 6 heteroatoms. The summed E-state index contributed by atoms with van der Waals surface area (Å²) in [5, 5.41) is 4.79. The van der Waals surface area contributed by atoms with Crippen molar-refractivity contribution in [2.24, 2.45) is 7.05 Å². The molecule has 1 aromatic carbocycles. The molecule has 0 aliphatic rings. The Morgan fingerprint density at radius 2 is 1.95 bits per heavy atom. The van der Waals surface area contributed by atoms with Gasteiger partial charge in [0.15, 0.2) is 10.9 Å². The van der Waals surface area contributed by atoms with Gasteiger partial charge in [-0.1, -0.05) is 18.2 Å². The van der Waals surface area contributed by atoms with Gasteiger partial charge >= 0.3 is 0 Å². The second-order valence-corrected chi connectivity index (χ2v) is 4.36. The van der Waals surface area contributed by atoms with Gasteiger partial charge in [-0.05, 0) is 12.1 Å². The van der Waals surface area contributed by atoms with E-state index in [1.165, 1.54) is 0 Å². The zero-order valence-electron chi connectivity index (χ0n) is 10.3. The van der Waals surface area contributed by atoms with Crippen LogP contribution >= 0.6 is 0 Å². The summed E-state index contributed by atoms with van der Waals surface area (Å²) in [5.74, 6) is 0.810. The zero-order chi connectivity index (χ0) is 13.2. The summed E-state index contributed by atoms with van der Waals surface area (Å²) in [6, 6.07) is 9.86. The van der Waals surface area contributed by atoms with Crippen LogP contribution < -0.4 is 4.57 Å². The Morgan fingerprint density at radius 3 is 2.63 bits per heavy atom. The Labute approximate surface area is 116 Å². The molecule has 0 radical (unpaired) electrons. The maximum absolute atomic E-state index is 5.33. The number of hydrogen-bond donors (Lipinski definition) is 0. The third kappa shape index (κ3) is 2.06. The van der Waals surface area contributed by atoms with Gasteiger partial charge in [0, 0.05) is 17.5 Å². The van der Waals surface area contributed by atoms with Crippen molar-refractivity contribution in [3.8, 4) is 17.2 Å². The highest BCUT2D eigenvalue weighted by molar-refractivity contribution is 7.58. The van der Waals surface area contributed by atoms with Crippen LogP contribution in [0.4, 0.5) is 0 Å². The second-order valence-electron chi connectivity index (χ2n) is 3.99. The van der Waals surface area contributed by atoms with Crippen molar-refractivity contribution in [2.75, 3.05) is 0 Å². The summed E-state index contributed by atoms with van der Waals surface area (Å²) in [6.45, 7) is 0. The Kier molecular flexibility index (Phi) is 2.92. The number of aryl methyl sites for hydroxylation is 1. The summed E-state index contributed by atoms with van der Waals surface area (Å²) in [6.07, 6.45) is 4.99. The van der Waals surface area contributed by atoms with E-state index < -0.39 is 0 Å². The minimum atomic E-state index is 0.495. The minimum absolute atomic E-state index is 0.495. The van der Waals surface area contributed by atoms with E-state index in [1.807, 2.05) is 41.9 Å². The fraction of sp³-hybridized carbons (Fsp3) is 0.0769. The van der Waals surface area contributed by atoms with Gasteiger partial charge in [0.1, 0.15) is 5.69 Å². The van der Waals surface area contributed by atoms with E-state index in [-0.39, 0.29) is 0 Å². The zero-order valence-corrected chi connectivity index (χ0v) is 11.1. The quantitative estimate of drug-likeness (QED) is 0.515.